The van der Waals surface area contributed by atoms with Crippen molar-refractivity contribution < 1.29 is 29.0 Å². The van der Waals surface area contributed by atoms with Crippen molar-refractivity contribution in [3.63, 3.8) is 0 Å². The Kier molecular flexibility index (Phi) is 6.72. The van der Waals surface area contributed by atoms with Crippen LogP contribution >= 0.6 is 0 Å². The van der Waals surface area contributed by atoms with Crippen LogP contribution in [-0.2, 0) is 19.1 Å². The van der Waals surface area contributed by atoms with Crippen LogP contribution in [0.4, 0.5) is 4.79 Å². The van der Waals surface area contributed by atoms with Crippen molar-refractivity contribution in [1.29, 1.82) is 0 Å². The van der Waals surface area contributed by atoms with E-state index in [1.807, 2.05) is 24.3 Å². The second kappa shape index (κ2) is 10.1. The number of ether oxygens (including phenoxy) is 2. The number of carbonyl (C=O) groups excluding carboxylic acids is 2. The van der Waals surface area contributed by atoms with Crippen molar-refractivity contribution in [3.8, 4) is 11.1 Å². The maximum atomic E-state index is 12.7. The smallest absolute Gasteiger partial charge is 0.407 e. The number of carboxylic acids is 1. The van der Waals surface area contributed by atoms with E-state index < -0.39 is 30.1 Å². The summed E-state index contributed by atoms with van der Waals surface area (Å²) in [5.41, 5.74) is 4.58. The predicted molar refractivity (Wildman–Crippen MR) is 128 cm³/mol. The molecule has 0 unspecified atom stereocenters. The molecule has 8 heteroatoms. The summed E-state index contributed by atoms with van der Waals surface area (Å²) >= 11 is 0. The zero-order chi connectivity index (χ0) is 24.4. The molecule has 2 fully saturated rings. The summed E-state index contributed by atoms with van der Waals surface area (Å²) in [6.07, 6.45) is 1.38. The van der Waals surface area contributed by atoms with Gasteiger partial charge in [-0.15, -0.1) is 0 Å². The van der Waals surface area contributed by atoms with Crippen LogP contribution in [0.3, 0.4) is 0 Å². The van der Waals surface area contributed by atoms with Gasteiger partial charge in [0.2, 0.25) is 0 Å². The van der Waals surface area contributed by atoms with E-state index in [0.717, 1.165) is 35.1 Å². The van der Waals surface area contributed by atoms with Gasteiger partial charge in [-0.1, -0.05) is 55.0 Å². The molecule has 35 heavy (non-hydrogen) atoms. The molecular weight excluding hydrogens is 448 g/mol. The average molecular weight is 479 g/mol. The molecule has 8 nitrogen and oxygen atoms in total. The Hall–Kier alpha value is -3.39. The standard InChI is InChI=1S/C27H30N2O6/c30-25(28-14-16-6-5-11-17(16)26(31)32)24-23(12-13-34-24)29-27(33)35-15-22-20-9-3-1-7-18(20)19-8-2-4-10-21(19)22/h1-4,7-10,16-17,22-24H,5-6,11-15H2,(H,28,30)(H,29,33)(H,31,32)/t16-,17-,23+,24-/m0/s1. The fraction of sp³-hybridized carbons (Fsp3) is 0.444. The highest BCUT2D eigenvalue weighted by Crippen LogP contribution is 2.44. The van der Waals surface area contributed by atoms with Crippen LogP contribution in [-0.4, -0.2) is 55.0 Å². The van der Waals surface area contributed by atoms with E-state index in [4.69, 9.17) is 9.47 Å². The SMILES string of the molecule is O=C(N[C@@H]1CCO[C@@H]1C(=O)NC[C@@H]1CCC[C@@H]1C(=O)O)OCC1c2ccccc2-c2ccccc21. The molecule has 0 bridgehead atoms. The fourth-order valence-electron chi connectivity index (χ4n) is 5.73. The van der Waals surface area contributed by atoms with Crippen LogP contribution in [0, 0.1) is 11.8 Å². The van der Waals surface area contributed by atoms with Gasteiger partial charge in [0.25, 0.3) is 5.91 Å². The third-order valence-corrected chi connectivity index (χ3v) is 7.51. The highest BCUT2D eigenvalue weighted by atomic mass is 16.6. The summed E-state index contributed by atoms with van der Waals surface area (Å²) in [4.78, 5) is 36.8. The van der Waals surface area contributed by atoms with Crippen LogP contribution < -0.4 is 10.6 Å². The summed E-state index contributed by atoms with van der Waals surface area (Å²) in [7, 11) is 0. The van der Waals surface area contributed by atoms with Gasteiger partial charge in [-0.05, 0) is 47.4 Å². The first-order chi connectivity index (χ1) is 17.0. The Bertz CT molecular complexity index is 1070. The van der Waals surface area contributed by atoms with Gasteiger partial charge in [-0.3, -0.25) is 9.59 Å². The molecule has 3 N–H and O–H groups in total. The Balaban J connectivity index is 1.15. The molecule has 1 saturated carbocycles. The number of aliphatic carboxylic acids is 1. The second-order valence-corrected chi connectivity index (χ2v) is 9.54. The zero-order valence-electron chi connectivity index (χ0n) is 19.4. The van der Waals surface area contributed by atoms with Crippen molar-refractivity contribution in [2.45, 2.75) is 43.7 Å². The van der Waals surface area contributed by atoms with E-state index in [1.165, 1.54) is 0 Å². The molecule has 2 amide bonds. The minimum absolute atomic E-state index is 0.0410. The molecule has 2 aromatic carbocycles. The molecule has 1 heterocycles. The first kappa shape index (κ1) is 23.4. The number of nitrogens with one attached hydrogen (secondary N) is 2. The number of hydrogen-bond donors (Lipinski definition) is 3. The molecule has 3 aliphatic rings. The van der Waals surface area contributed by atoms with E-state index in [1.54, 1.807) is 0 Å². The lowest BCUT2D eigenvalue weighted by atomic mass is 9.96. The number of benzene rings is 2. The Morgan fingerprint density at radius 3 is 2.34 bits per heavy atom. The minimum Gasteiger partial charge on any atom is -0.481 e. The number of hydrogen-bond acceptors (Lipinski definition) is 5. The number of fused-ring (bicyclic) bond motifs is 3. The number of alkyl carbamates (subject to hydrolysis) is 1. The van der Waals surface area contributed by atoms with E-state index >= 15 is 0 Å². The van der Waals surface area contributed by atoms with Gasteiger partial charge >= 0.3 is 12.1 Å². The number of carbonyl (C=O) groups is 3. The summed E-state index contributed by atoms with van der Waals surface area (Å²) in [5, 5.41) is 15.0. The van der Waals surface area contributed by atoms with Crippen molar-refractivity contribution in [2.75, 3.05) is 19.8 Å². The van der Waals surface area contributed by atoms with Gasteiger partial charge < -0.3 is 25.2 Å². The third-order valence-electron chi connectivity index (χ3n) is 7.51. The van der Waals surface area contributed by atoms with Crippen molar-refractivity contribution in [1.82, 2.24) is 10.6 Å². The van der Waals surface area contributed by atoms with Crippen molar-refractivity contribution in [3.05, 3.63) is 59.7 Å². The van der Waals surface area contributed by atoms with Gasteiger partial charge in [-0.25, -0.2) is 4.79 Å². The van der Waals surface area contributed by atoms with E-state index in [0.29, 0.717) is 26.0 Å². The zero-order valence-corrected chi connectivity index (χ0v) is 19.4. The number of carboxylic acid groups (broad SMARTS) is 1. The van der Waals surface area contributed by atoms with E-state index in [9.17, 15) is 19.5 Å². The molecule has 1 saturated heterocycles. The van der Waals surface area contributed by atoms with E-state index in [-0.39, 0.29) is 24.3 Å². The molecule has 0 spiro atoms. The molecule has 1 aliphatic heterocycles. The molecule has 184 valence electrons. The summed E-state index contributed by atoms with van der Waals surface area (Å²) in [6, 6.07) is 15.8. The van der Waals surface area contributed by atoms with E-state index in [2.05, 4.69) is 34.9 Å². The van der Waals surface area contributed by atoms with Gasteiger partial charge in [0.1, 0.15) is 6.61 Å². The number of rotatable bonds is 7. The maximum Gasteiger partial charge on any atom is 0.407 e. The van der Waals surface area contributed by atoms with Gasteiger partial charge in [-0.2, -0.15) is 0 Å². The molecular formula is C27H30N2O6. The number of amides is 2. The molecule has 2 aromatic rings. The Morgan fingerprint density at radius 2 is 1.66 bits per heavy atom. The minimum atomic E-state index is -0.819. The highest BCUT2D eigenvalue weighted by molar-refractivity contribution is 5.83. The average Bonchev–Trinajstić information content (AvgIpc) is 3.59. The maximum absolute atomic E-state index is 12.7. The quantitative estimate of drug-likeness (QED) is 0.563. The van der Waals surface area contributed by atoms with Gasteiger partial charge in [0.15, 0.2) is 6.10 Å². The molecule has 2 aliphatic carbocycles. The van der Waals surface area contributed by atoms with Crippen LogP contribution in [0.25, 0.3) is 11.1 Å². The first-order valence-corrected chi connectivity index (χ1v) is 12.3. The third kappa shape index (κ3) is 4.75. The summed E-state index contributed by atoms with van der Waals surface area (Å²) in [5.74, 6) is -1.68. The second-order valence-electron chi connectivity index (χ2n) is 9.54. The first-order valence-electron chi connectivity index (χ1n) is 12.3. The lowest BCUT2D eigenvalue weighted by Crippen LogP contribution is -2.49. The topological polar surface area (TPSA) is 114 Å². The Labute approximate surface area is 204 Å². The molecule has 4 atom stereocenters. The highest BCUT2D eigenvalue weighted by Gasteiger charge is 2.38. The fourth-order valence-corrected chi connectivity index (χ4v) is 5.73. The lowest BCUT2D eigenvalue weighted by Gasteiger charge is -2.22. The summed E-state index contributed by atoms with van der Waals surface area (Å²) in [6.45, 7) is 0.851. The van der Waals surface area contributed by atoms with Crippen LogP contribution in [0.15, 0.2) is 48.5 Å². The Morgan fingerprint density at radius 1 is 0.971 bits per heavy atom. The van der Waals surface area contributed by atoms with Crippen LogP contribution in [0.1, 0.15) is 42.7 Å². The monoisotopic (exact) mass is 478 g/mol. The van der Waals surface area contributed by atoms with Crippen molar-refractivity contribution >= 4 is 18.0 Å². The van der Waals surface area contributed by atoms with Crippen LogP contribution in [0.2, 0.25) is 0 Å². The predicted octanol–water partition coefficient (Wildman–Crippen LogP) is 3.30. The van der Waals surface area contributed by atoms with Crippen LogP contribution in [0.5, 0.6) is 0 Å². The molecule has 0 radical (unpaired) electrons. The van der Waals surface area contributed by atoms with Gasteiger partial charge in [0, 0.05) is 19.1 Å². The summed E-state index contributed by atoms with van der Waals surface area (Å²) < 4.78 is 11.2. The van der Waals surface area contributed by atoms with Gasteiger partial charge in [0.05, 0.1) is 12.0 Å². The largest absolute Gasteiger partial charge is 0.481 e. The van der Waals surface area contributed by atoms with Crippen molar-refractivity contribution in [2.24, 2.45) is 11.8 Å². The lowest BCUT2D eigenvalue weighted by molar-refractivity contribution is -0.143. The molecule has 0 aromatic heterocycles. The normalized spacial score (nSPS) is 25.0. The molecule has 5 rings (SSSR count).